The highest BCUT2D eigenvalue weighted by Crippen LogP contribution is 2.38. The van der Waals surface area contributed by atoms with E-state index in [0.29, 0.717) is 5.92 Å². The van der Waals surface area contributed by atoms with Gasteiger partial charge in [-0.25, -0.2) is 0 Å². The van der Waals surface area contributed by atoms with Gasteiger partial charge in [-0.05, 0) is 72.4 Å². The molecule has 1 aromatic rings. The van der Waals surface area contributed by atoms with Gasteiger partial charge in [0.05, 0.1) is 0 Å². The Hall–Kier alpha value is -1.30. The van der Waals surface area contributed by atoms with E-state index in [1.807, 2.05) is 0 Å². The van der Waals surface area contributed by atoms with Crippen LogP contribution in [0.1, 0.15) is 61.3 Å². The van der Waals surface area contributed by atoms with Gasteiger partial charge in [-0.1, -0.05) is 45.1 Å². The molecule has 0 unspecified atom stereocenters. The summed E-state index contributed by atoms with van der Waals surface area (Å²) in [5.74, 6) is 0.706. The predicted molar refractivity (Wildman–Crippen MR) is 86.2 cm³/mol. The summed E-state index contributed by atoms with van der Waals surface area (Å²) in [7, 11) is 0. The van der Waals surface area contributed by atoms with Crippen LogP contribution in [0.15, 0.2) is 25.3 Å². The van der Waals surface area contributed by atoms with E-state index in [-0.39, 0.29) is 0 Å². The third-order valence-electron chi connectivity index (χ3n) is 4.54. The van der Waals surface area contributed by atoms with Crippen molar-refractivity contribution in [2.75, 3.05) is 0 Å². The van der Waals surface area contributed by atoms with Crippen molar-refractivity contribution in [2.24, 2.45) is 5.92 Å². The molecule has 0 aliphatic heterocycles. The Morgan fingerprint density at radius 3 is 2.11 bits per heavy atom. The van der Waals surface area contributed by atoms with Crippen LogP contribution in [0.4, 0.5) is 0 Å². The highest BCUT2D eigenvalue weighted by molar-refractivity contribution is 5.74. The molecule has 0 saturated heterocycles. The first-order chi connectivity index (χ1) is 9.04. The van der Waals surface area contributed by atoms with Crippen molar-refractivity contribution < 1.29 is 0 Å². The Labute approximate surface area is 118 Å². The molecule has 1 saturated carbocycles. The van der Waals surface area contributed by atoms with Crippen LogP contribution in [0.3, 0.4) is 0 Å². The number of allylic oxidation sites excluding steroid dienone is 2. The van der Waals surface area contributed by atoms with E-state index in [4.69, 9.17) is 0 Å². The lowest BCUT2D eigenvalue weighted by molar-refractivity contribution is 0.706. The molecule has 0 heterocycles. The average Bonchev–Trinajstić information content (AvgIpc) is 2.90. The quantitative estimate of drug-likeness (QED) is 0.624. The number of rotatable bonds is 4. The van der Waals surface area contributed by atoms with E-state index >= 15 is 0 Å². The van der Waals surface area contributed by atoms with Gasteiger partial charge in [0.15, 0.2) is 0 Å². The van der Waals surface area contributed by atoms with Crippen LogP contribution in [0, 0.1) is 19.8 Å². The normalized spacial score (nSPS) is 15.7. The molecule has 1 aliphatic rings. The van der Waals surface area contributed by atoms with Gasteiger partial charge in [0.1, 0.15) is 0 Å². The standard InChI is InChI=1S/C19H26/c1-6-13(2)18-11-14(3)19(15(4)12-18)16(5)17-9-7-8-10-17/h11-12,17H,2,5-10H2,1,3-4H3. The molecular formula is C19H26. The zero-order valence-electron chi connectivity index (χ0n) is 12.7. The third kappa shape index (κ3) is 2.83. The van der Waals surface area contributed by atoms with Gasteiger partial charge in [0.2, 0.25) is 0 Å². The van der Waals surface area contributed by atoms with E-state index in [0.717, 1.165) is 6.42 Å². The fourth-order valence-electron chi connectivity index (χ4n) is 3.36. The molecule has 0 N–H and O–H groups in total. The summed E-state index contributed by atoms with van der Waals surface area (Å²) in [4.78, 5) is 0. The van der Waals surface area contributed by atoms with Crippen LogP contribution in [0.5, 0.6) is 0 Å². The Morgan fingerprint density at radius 2 is 1.63 bits per heavy atom. The maximum absolute atomic E-state index is 4.40. The molecule has 0 spiro atoms. The monoisotopic (exact) mass is 254 g/mol. The van der Waals surface area contributed by atoms with Crippen molar-refractivity contribution in [3.8, 4) is 0 Å². The molecule has 1 fully saturated rings. The summed E-state index contributed by atoms with van der Waals surface area (Å²) in [6.45, 7) is 15.2. The van der Waals surface area contributed by atoms with E-state index in [2.05, 4.69) is 46.1 Å². The molecule has 102 valence electrons. The predicted octanol–water partition coefficient (Wildman–Crippen LogP) is 5.93. The van der Waals surface area contributed by atoms with Crippen molar-refractivity contribution >= 4 is 11.1 Å². The average molecular weight is 254 g/mol. The topological polar surface area (TPSA) is 0 Å². The minimum atomic E-state index is 0.706. The molecule has 0 heteroatoms. The molecular weight excluding hydrogens is 228 g/mol. The van der Waals surface area contributed by atoms with Gasteiger partial charge in [-0.3, -0.25) is 0 Å². The van der Waals surface area contributed by atoms with E-state index in [1.165, 1.54) is 59.1 Å². The smallest absolute Gasteiger partial charge is 0.0162 e. The zero-order valence-corrected chi connectivity index (χ0v) is 12.7. The van der Waals surface area contributed by atoms with Crippen molar-refractivity contribution in [3.05, 3.63) is 47.5 Å². The molecule has 1 aromatic carbocycles. The Balaban J connectivity index is 2.36. The highest BCUT2D eigenvalue weighted by atomic mass is 14.3. The Bertz CT molecular complexity index is 476. The van der Waals surface area contributed by atoms with E-state index in [9.17, 15) is 0 Å². The summed E-state index contributed by atoms with van der Waals surface area (Å²) in [6, 6.07) is 4.57. The molecule has 0 atom stereocenters. The van der Waals surface area contributed by atoms with Gasteiger partial charge >= 0.3 is 0 Å². The fraction of sp³-hybridized carbons (Fsp3) is 0.474. The maximum atomic E-state index is 4.40. The lowest BCUT2D eigenvalue weighted by Gasteiger charge is -2.19. The summed E-state index contributed by atoms with van der Waals surface area (Å²) in [6.07, 6.45) is 6.39. The SMILES string of the molecule is C=C(CC)c1cc(C)c(C(=C)C2CCCC2)c(C)c1. The summed E-state index contributed by atoms with van der Waals surface area (Å²) in [5.41, 5.74) is 8.01. The molecule has 19 heavy (non-hydrogen) atoms. The van der Waals surface area contributed by atoms with Crippen molar-refractivity contribution in [1.29, 1.82) is 0 Å². The second-order valence-electron chi connectivity index (χ2n) is 5.95. The minimum absolute atomic E-state index is 0.706. The van der Waals surface area contributed by atoms with Gasteiger partial charge in [0.25, 0.3) is 0 Å². The van der Waals surface area contributed by atoms with Crippen LogP contribution >= 0.6 is 0 Å². The Kier molecular flexibility index (Phi) is 4.29. The first kappa shape index (κ1) is 14.1. The molecule has 0 radical (unpaired) electrons. The molecule has 0 bridgehead atoms. The first-order valence-electron chi connectivity index (χ1n) is 7.53. The number of aryl methyl sites for hydroxylation is 2. The second-order valence-corrected chi connectivity index (χ2v) is 5.95. The van der Waals surface area contributed by atoms with E-state index < -0.39 is 0 Å². The Morgan fingerprint density at radius 1 is 1.11 bits per heavy atom. The van der Waals surface area contributed by atoms with Crippen molar-refractivity contribution in [1.82, 2.24) is 0 Å². The molecule has 0 amide bonds. The highest BCUT2D eigenvalue weighted by Gasteiger charge is 2.21. The van der Waals surface area contributed by atoms with Crippen molar-refractivity contribution in [2.45, 2.75) is 52.9 Å². The fourth-order valence-corrected chi connectivity index (χ4v) is 3.36. The van der Waals surface area contributed by atoms with Crippen molar-refractivity contribution in [3.63, 3.8) is 0 Å². The zero-order chi connectivity index (χ0) is 14.0. The summed E-state index contributed by atoms with van der Waals surface area (Å²) < 4.78 is 0. The lowest BCUT2D eigenvalue weighted by atomic mass is 9.85. The number of hydrogen-bond donors (Lipinski definition) is 0. The maximum Gasteiger partial charge on any atom is -0.0162 e. The first-order valence-corrected chi connectivity index (χ1v) is 7.53. The summed E-state index contributed by atoms with van der Waals surface area (Å²) in [5, 5.41) is 0. The third-order valence-corrected chi connectivity index (χ3v) is 4.54. The summed E-state index contributed by atoms with van der Waals surface area (Å²) >= 11 is 0. The largest absolute Gasteiger partial charge is 0.0952 e. The second kappa shape index (κ2) is 5.77. The molecule has 1 aliphatic carbocycles. The van der Waals surface area contributed by atoms with Crippen LogP contribution in [-0.4, -0.2) is 0 Å². The van der Waals surface area contributed by atoms with Gasteiger partial charge < -0.3 is 0 Å². The van der Waals surface area contributed by atoms with E-state index in [1.54, 1.807) is 0 Å². The minimum Gasteiger partial charge on any atom is -0.0952 e. The number of hydrogen-bond acceptors (Lipinski definition) is 0. The molecule has 2 rings (SSSR count). The number of benzene rings is 1. The van der Waals surface area contributed by atoms with Gasteiger partial charge in [-0.15, -0.1) is 0 Å². The van der Waals surface area contributed by atoms with Gasteiger partial charge in [0, 0.05) is 0 Å². The van der Waals surface area contributed by atoms with Crippen LogP contribution in [-0.2, 0) is 0 Å². The van der Waals surface area contributed by atoms with Crippen LogP contribution in [0.25, 0.3) is 11.1 Å². The molecule has 0 nitrogen and oxygen atoms in total. The molecule has 0 aromatic heterocycles. The van der Waals surface area contributed by atoms with Crippen LogP contribution in [0.2, 0.25) is 0 Å². The van der Waals surface area contributed by atoms with Gasteiger partial charge in [-0.2, -0.15) is 0 Å². The lowest BCUT2D eigenvalue weighted by Crippen LogP contribution is -2.02. The van der Waals surface area contributed by atoms with Crippen LogP contribution < -0.4 is 0 Å².